The first-order valence-corrected chi connectivity index (χ1v) is 12.8. The molecule has 0 bridgehead atoms. The number of carbonyl (C=O) groups is 2. The molecular weight excluding hydrogens is 523 g/mol. The minimum atomic E-state index is -1.02. The van der Waals surface area contributed by atoms with E-state index in [1.807, 2.05) is 18.2 Å². The number of ketones is 1. The summed E-state index contributed by atoms with van der Waals surface area (Å²) in [6.07, 6.45) is 2.93. The first kappa shape index (κ1) is 24.1. The highest BCUT2D eigenvalue weighted by Gasteiger charge is 2.48. The zero-order valence-corrected chi connectivity index (χ0v) is 20.7. The Kier molecular flexibility index (Phi) is 6.82. The number of nitrogens with zero attached hydrogens (tertiary/aromatic N) is 4. The lowest BCUT2D eigenvalue weighted by molar-refractivity contribution is -0.132. The Bertz CT molecular complexity index is 1480. The molecule has 1 fully saturated rings. The summed E-state index contributed by atoms with van der Waals surface area (Å²) in [5.41, 5.74) is 1.55. The first-order chi connectivity index (χ1) is 17.4. The van der Waals surface area contributed by atoms with Gasteiger partial charge in [0.15, 0.2) is 4.34 Å². The molecule has 0 aliphatic carbocycles. The SMILES string of the molecule is O=C1C(=O)N(c2nnc(SCc3ccccc3Cl)s2)C(c2ccc(F)cc2)/C1=C(\O)c1ccncc1. The second-order valence-electron chi connectivity index (χ2n) is 7.69. The summed E-state index contributed by atoms with van der Waals surface area (Å²) in [7, 11) is 0. The van der Waals surface area contributed by atoms with Crippen LogP contribution in [0.15, 0.2) is 83.0 Å². The maximum absolute atomic E-state index is 13.7. The van der Waals surface area contributed by atoms with Gasteiger partial charge >= 0.3 is 5.91 Å². The van der Waals surface area contributed by atoms with E-state index in [2.05, 4.69) is 15.2 Å². The molecule has 0 saturated carbocycles. The van der Waals surface area contributed by atoms with Crippen LogP contribution in [0.5, 0.6) is 0 Å². The number of benzene rings is 2. The molecule has 36 heavy (non-hydrogen) atoms. The number of carbonyl (C=O) groups excluding carboxylic acids is 2. The van der Waals surface area contributed by atoms with Gasteiger partial charge in [-0.3, -0.25) is 19.5 Å². The molecule has 1 atom stereocenters. The molecule has 2 aromatic heterocycles. The normalized spacial score (nSPS) is 17.1. The molecule has 11 heteroatoms. The summed E-state index contributed by atoms with van der Waals surface area (Å²) < 4.78 is 14.2. The third kappa shape index (κ3) is 4.62. The number of anilines is 1. The predicted octanol–water partition coefficient (Wildman–Crippen LogP) is 5.64. The summed E-state index contributed by atoms with van der Waals surface area (Å²) in [6.45, 7) is 0. The lowest BCUT2D eigenvalue weighted by atomic mass is 9.95. The molecule has 4 aromatic rings. The molecule has 1 amide bonds. The van der Waals surface area contributed by atoms with Crippen LogP contribution < -0.4 is 4.90 Å². The van der Waals surface area contributed by atoms with Crippen LogP contribution in [0.1, 0.15) is 22.7 Å². The number of Topliss-reactive ketones (excluding diaryl/α,β-unsaturated/α-hetero) is 1. The van der Waals surface area contributed by atoms with E-state index in [9.17, 15) is 19.1 Å². The fourth-order valence-electron chi connectivity index (χ4n) is 3.77. The van der Waals surface area contributed by atoms with Crippen LogP contribution in [-0.4, -0.2) is 32.0 Å². The van der Waals surface area contributed by atoms with Crippen molar-refractivity contribution in [2.24, 2.45) is 0 Å². The van der Waals surface area contributed by atoms with Gasteiger partial charge in [-0.25, -0.2) is 4.39 Å². The maximum atomic E-state index is 13.7. The second kappa shape index (κ2) is 10.2. The van der Waals surface area contributed by atoms with Crippen LogP contribution in [0, 0.1) is 5.82 Å². The average molecular weight is 539 g/mol. The quantitative estimate of drug-likeness (QED) is 0.111. The minimum absolute atomic E-state index is 0.127. The van der Waals surface area contributed by atoms with Crippen LogP contribution in [0.2, 0.25) is 5.02 Å². The van der Waals surface area contributed by atoms with Crippen molar-refractivity contribution in [3.63, 3.8) is 0 Å². The molecule has 0 radical (unpaired) electrons. The lowest BCUT2D eigenvalue weighted by Gasteiger charge is -2.22. The Morgan fingerprint density at radius 3 is 2.50 bits per heavy atom. The number of aliphatic hydroxyl groups excluding tert-OH is 1. The van der Waals surface area contributed by atoms with Crippen LogP contribution in [0.4, 0.5) is 9.52 Å². The molecule has 7 nitrogen and oxygen atoms in total. The molecule has 1 saturated heterocycles. The molecule has 180 valence electrons. The largest absolute Gasteiger partial charge is 0.507 e. The van der Waals surface area contributed by atoms with Crippen molar-refractivity contribution < 1.29 is 19.1 Å². The average Bonchev–Trinajstić information content (AvgIpc) is 3.46. The van der Waals surface area contributed by atoms with Crippen molar-refractivity contribution in [1.82, 2.24) is 15.2 Å². The Hall–Kier alpha value is -3.60. The van der Waals surface area contributed by atoms with Crippen LogP contribution in [-0.2, 0) is 15.3 Å². The van der Waals surface area contributed by atoms with Gasteiger partial charge in [0.1, 0.15) is 11.6 Å². The first-order valence-electron chi connectivity index (χ1n) is 10.6. The van der Waals surface area contributed by atoms with E-state index >= 15 is 0 Å². The van der Waals surface area contributed by atoms with E-state index in [1.165, 1.54) is 65.5 Å². The maximum Gasteiger partial charge on any atom is 0.301 e. The Balaban J connectivity index is 1.54. The monoisotopic (exact) mass is 538 g/mol. The summed E-state index contributed by atoms with van der Waals surface area (Å²) in [6, 6.07) is 14.9. The summed E-state index contributed by atoms with van der Waals surface area (Å²) in [5.74, 6) is -2.03. The molecule has 1 aliphatic heterocycles. The molecule has 0 spiro atoms. The number of hydrogen-bond donors (Lipinski definition) is 1. The van der Waals surface area contributed by atoms with E-state index in [4.69, 9.17) is 11.6 Å². The highest BCUT2D eigenvalue weighted by atomic mass is 35.5. The Morgan fingerprint density at radius 2 is 1.78 bits per heavy atom. The van der Waals surface area contributed by atoms with Gasteiger partial charge in [-0.2, -0.15) is 0 Å². The second-order valence-corrected chi connectivity index (χ2v) is 10.3. The van der Waals surface area contributed by atoms with Gasteiger partial charge in [-0.1, -0.05) is 65.0 Å². The number of thioether (sulfide) groups is 1. The van der Waals surface area contributed by atoms with Gasteiger partial charge < -0.3 is 5.11 Å². The van der Waals surface area contributed by atoms with Crippen LogP contribution in [0.3, 0.4) is 0 Å². The van der Waals surface area contributed by atoms with Crippen molar-refractivity contribution in [3.05, 3.63) is 106 Å². The van der Waals surface area contributed by atoms with E-state index in [-0.39, 0.29) is 16.5 Å². The number of amides is 1. The van der Waals surface area contributed by atoms with Gasteiger partial charge in [-0.15, -0.1) is 10.2 Å². The number of rotatable bonds is 6. The van der Waals surface area contributed by atoms with E-state index in [1.54, 1.807) is 6.07 Å². The predicted molar refractivity (Wildman–Crippen MR) is 136 cm³/mol. The zero-order valence-electron chi connectivity index (χ0n) is 18.3. The molecule has 5 rings (SSSR count). The van der Waals surface area contributed by atoms with Gasteiger partial charge in [-0.05, 0) is 41.5 Å². The molecule has 1 aliphatic rings. The molecule has 1 N–H and O–H groups in total. The minimum Gasteiger partial charge on any atom is -0.507 e. The van der Waals surface area contributed by atoms with Crippen LogP contribution >= 0.6 is 34.7 Å². The van der Waals surface area contributed by atoms with E-state index < -0.39 is 23.5 Å². The summed E-state index contributed by atoms with van der Waals surface area (Å²) in [5, 5.41) is 20.2. The van der Waals surface area contributed by atoms with Crippen molar-refractivity contribution in [3.8, 4) is 0 Å². The molecule has 3 heterocycles. The third-order valence-electron chi connectivity index (χ3n) is 5.49. The fraction of sp³-hybridized carbons (Fsp3) is 0.0800. The topological polar surface area (TPSA) is 96.3 Å². The third-order valence-corrected chi connectivity index (χ3v) is 7.97. The van der Waals surface area contributed by atoms with Crippen molar-refractivity contribution in [2.75, 3.05) is 4.90 Å². The van der Waals surface area contributed by atoms with Gasteiger partial charge in [0, 0.05) is 28.7 Å². The van der Waals surface area contributed by atoms with E-state index in [0.717, 1.165) is 16.9 Å². The zero-order chi connectivity index (χ0) is 25.2. The van der Waals surface area contributed by atoms with Gasteiger partial charge in [0.25, 0.3) is 5.78 Å². The van der Waals surface area contributed by atoms with Gasteiger partial charge in [0.2, 0.25) is 5.13 Å². The van der Waals surface area contributed by atoms with Crippen molar-refractivity contribution >= 4 is 57.3 Å². The number of hydrogen-bond acceptors (Lipinski definition) is 8. The van der Waals surface area contributed by atoms with Crippen LogP contribution in [0.25, 0.3) is 5.76 Å². The van der Waals surface area contributed by atoms with Gasteiger partial charge in [0.05, 0.1) is 11.6 Å². The fourth-order valence-corrected chi connectivity index (χ4v) is 5.92. The summed E-state index contributed by atoms with van der Waals surface area (Å²) in [4.78, 5) is 31.5. The Morgan fingerprint density at radius 1 is 1.06 bits per heavy atom. The van der Waals surface area contributed by atoms with E-state index in [0.29, 0.717) is 26.2 Å². The Labute approximate surface area is 218 Å². The highest BCUT2D eigenvalue weighted by Crippen LogP contribution is 2.44. The molecule has 1 unspecified atom stereocenters. The highest BCUT2D eigenvalue weighted by molar-refractivity contribution is 8.00. The standard InChI is InChI=1S/C25H16ClFN4O3S2/c26-18-4-2-1-3-16(18)13-35-25-30-29-24(36-25)31-20(14-5-7-17(27)8-6-14)19(22(33)23(31)34)21(32)15-9-11-28-12-10-15/h1-12,20,32H,13H2/b21-19+. The number of pyridine rings is 1. The molecular formula is C25H16ClFN4O3S2. The smallest absolute Gasteiger partial charge is 0.301 e. The summed E-state index contributed by atoms with van der Waals surface area (Å²) >= 11 is 8.76. The molecule has 2 aromatic carbocycles. The number of aromatic nitrogens is 3. The van der Waals surface area contributed by atoms with Crippen molar-refractivity contribution in [2.45, 2.75) is 16.1 Å². The lowest BCUT2D eigenvalue weighted by Crippen LogP contribution is -2.29. The number of aliphatic hydroxyl groups is 1. The number of halogens is 2. The van der Waals surface area contributed by atoms with Crippen molar-refractivity contribution in [1.29, 1.82) is 0 Å².